The van der Waals surface area contributed by atoms with E-state index in [0.29, 0.717) is 33.4 Å². The quantitative estimate of drug-likeness (QED) is 0.506. The van der Waals surface area contributed by atoms with Gasteiger partial charge in [0.15, 0.2) is 0 Å². The van der Waals surface area contributed by atoms with Gasteiger partial charge in [-0.1, -0.05) is 36.2 Å². The van der Waals surface area contributed by atoms with E-state index in [1.165, 1.54) is 6.21 Å². The van der Waals surface area contributed by atoms with Gasteiger partial charge in [-0.25, -0.2) is 10.2 Å². The summed E-state index contributed by atoms with van der Waals surface area (Å²) in [5, 5.41) is 10.2. The zero-order chi connectivity index (χ0) is 18.9. The molecule has 0 heterocycles. The van der Waals surface area contributed by atoms with Gasteiger partial charge in [-0.3, -0.25) is 4.79 Å². The van der Waals surface area contributed by atoms with Gasteiger partial charge in [-0.2, -0.15) is 5.10 Å². The number of hydrazone groups is 1. The van der Waals surface area contributed by atoms with Crippen LogP contribution >= 0.6 is 23.2 Å². The lowest BCUT2D eigenvalue weighted by atomic mass is 10.2. The maximum Gasteiger partial charge on any atom is 0.319 e. The Kier molecular flexibility index (Phi) is 7.44. The fourth-order valence-electron chi connectivity index (χ4n) is 1.95. The molecule has 2 aromatic rings. The van der Waals surface area contributed by atoms with Crippen LogP contribution in [-0.4, -0.2) is 24.7 Å². The molecule has 0 aromatic heterocycles. The first-order valence-corrected chi connectivity index (χ1v) is 8.68. The summed E-state index contributed by atoms with van der Waals surface area (Å²) < 4.78 is 0. The maximum atomic E-state index is 12.1. The summed E-state index contributed by atoms with van der Waals surface area (Å²) in [6.07, 6.45) is 2.29. The van der Waals surface area contributed by atoms with Gasteiger partial charge in [-0.05, 0) is 42.8 Å². The van der Waals surface area contributed by atoms with Crippen LogP contribution in [0.3, 0.4) is 0 Å². The van der Waals surface area contributed by atoms with Crippen molar-refractivity contribution in [3.05, 3.63) is 63.6 Å². The Morgan fingerprint density at radius 2 is 1.85 bits per heavy atom. The van der Waals surface area contributed by atoms with E-state index in [4.69, 9.17) is 23.2 Å². The number of benzene rings is 2. The predicted octanol–water partition coefficient (Wildman–Crippen LogP) is 4.29. The Morgan fingerprint density at radius 1 is 1.12 bits per heavy atom. The van der Waals surface area contributed by atoms with Crippen molar-refractivity contribution in [3.63, 3.8) is 0 Å². The predicted molar refractivity (Wildman–Crippen MR) is 105 cm³/mol. The van der Waals surface area contributed by atoms with Crippen LogP contribution in [0.5, 0.6) is 0 Å². The molecule has 0 unspecified atom stereocenters. The highest BCUT2D eigenvalue weighted by Crippen LogP contribution is 2.19. The second-order valence-electron chi connectivity index (χ2n) is 5.32. The van der Waals surface area contributed by atoms with Gasteiger partial charge in [0.25, 0.3) is 5.91 Å². The summed E-state index contributed by atoms with van der Waals surface area (Å²) in [7, 11) is 0. The molecule has 0 saturated heterocycles. The van der Waals surface area contributed by atoms with Crippen molar-refractivity contribution in [2.24, 2.45) is 5.10 Å². The summed E-state index contributed by atoms with van der Waals surface area (Å²) >= 11 is 11.8. The smallest absolute Gasteiger partial charge is 0.319 e. The molecule has 3 amide bonds. The lowest BCUT2D eigenvalue weighted by Crippen LogP contribution is -2.29. The molecule has 6 nitrogen and oxygen atoms in total. The van der Waals surface area contributed by atoms with Crippen molar-refractivity contribution >= 4 is 47.0 Å². The Hall–Kier alpha value is -2.57. The summed E-state index contributed by atoms with van der Waals surface area (Å²) in [5.41, 5.74) is 4.05. The molecule has 0 atom stereocenters. The number of hydrogen-bond acceptors (Lipinski definition) is 3. The van der Waals surface area contributed by atoms with Gasteiger partial charge in [0.05, 0.1) is 11.2 Å². The molecule has 0 spiro atoms. The van der Waals surface area contributed by atoms with Gasteiger partial charge in [-0.15, -0.1) is 0 Å². The second kappa shape index (κ2) is 9.79. The average molecular weight is 393 g/mol. The van der Waals surface area contributed by atoms with E-state index in [2.05, 4.69) is 21.2 Å². The first kappa shape index (κ1) is 19.8. The highest BCUT2D eigenvalue weighted by Gasteiger charge is 2.06. The topological polar surface area (TPSA) is 82.6 Å². The van der Waals surface area contributed by atoms with Crippen LogP contribution in [0.4, 0.5) is 10.5 Å². The van der Waals surface area contributed by atoms with E-state index in [0.717, 1.165) is 6.42 Å². The van der Waals surface area contributed by atoms with Crippen molar-refractivity contribution in [3.8, 4) is 0 Å². The summed E-state index contributed by atoms with van der Waals surface area (Å²) in [4.78, 5) is 23.6. The third-order valence-electron chi connectivity index (χ3n) is 3.27. The first-order valence-electron chi connectivity index (χ1n) is 7.93. The molecule has 0 fully saturated rings. The third kappa shape index (κ3) is 6.06. The number of anilines is 1. The highest BCUT2D eigenvalue weighted by atomic mass is 35.5. The molecule has 0 saturated carbocycles. The van der Waals surface area contributed by atoms with Crippen molar-refractivity contribution in [1.82, 2.24) is 10.7 Å². The molecular weight excluding hydrogens is 375 g/mol. The molecule has 0 bridgehead atoms. The zero-order valence-electron chi connectivity index (χ0n) is 14.1. The Labute approximate surface area is 161 Å². The van der Waals surface area contributed by atoms with Crippen LogP contribution < -0.4 is 16.1 Å². The van der Waals surface area contributed by atoms with E-state index in [1.54, 1.807) is 42.5 Å². The molecular formula is C18H18Cl2N4O2. The van der Waals surface area contributed by atoms with Crippen molar-refractivity contribution < 1.29 is 9.59 Å². The maximum absolute atomic E-state index is 12.1. The highest BCUT2D eigenvalue weighted by molar-refractivity contribution is 6.36. The summed E-state index contributed by atoms with van der Waals surface area (Å²) in [5.74, 6) is -0.381. The fraction of sp³-hybridized carbons (Fsp3) is 0.167. The molecule has 0 aliphatic rings. The molecule has 136 valence electrons. The van der Waals surface area contributed by atoms with E-state index in [1.807, 2.05) is 6.92 Å². The number of carbonyl (C=O) groups excluding carboxylic acids is 2. The Bertz CT molecular complexity index is 807. The zero-order valence-corrected chi connectivity index (χ0v) is 15.6. The number of amides is 3. The van der Waals surface area contributed by atoms with Gasteiger partial charge in [0.1, 0.15) is 0 Å². The van der Waals surface area contributed by atoms with E-state index in [9.17, 15) is 9.59 Å². The van der Waals surface area contributed by atoms with Crippen molar-refractivity contribution in [2.75, 3.05) is 11.9 Å². The number of urea groups is 1. The SMILES string of the molecule is CCCNC(=O)Nc1ccc(C(=O)N/N=C/c2ccc(Cl)cc2Cl)cc1. The minimum absolute atomic E-state index is 0.284. The third-order valence-corrected chi connectivity index (χ3v) is 3.84. The molecule has 0 aliphatic heterocycles. The minimum atomic E-state index is -0.381. The second-order valence-corrected chi connectivity index (χ2v) is 6.17. The molecule has 2 aromatic carbocycles. The molecule has 3 N–H and O–H groups in total. The van der Waals surface area contributed by atoms with Crippen LogP contribution in [0.2, 0.25) is 10.0 Å². The average Bonchev–Trinajstić information content (AvgIpc) is 2.62. The molecule has 2 rings (SSSR count). The van der Waals surface area contributed by atoms with Crippen molar-refractivity contribution in [2.45, 2.75) is 13.3 Å². The van der Waals surface area contributed by atoms with Gasteiger partial charge < -0.3 is 10.6 Å². The van der Waals surface area contributed by atoms with Crippen LogP contribution in [0.1, 0.15) is 29.3 Å². The Balaban J connectivity index is 1.91. The number of halogens is 2. The van der Waals surface area contributed by atoms with Gasteiger partial charge in [0, 0.05) is 28.4 Å². The first-order chi connectivity index (χ1) is 12.5. The Morgan fingerprint density at radius 3 is 2.50 bits per heavy atom. The normalized spacial score (nSPS) is 10.6. The lowest BCUT2D eigenvalue weighted by Gasteiger charge is -2.07. The number of carbonyl (C=O) groups is 2. The van der Waals surface area contributed by atoms with Gasteiger partial charge in [0.2, 0.25) is 0 Å². The standard InChI is InChI=1S/C18H18Cl2N4O2/c1-2-9-21-18(26)23-15-7-4-12(5-8-15)17(25)24-22-11-13-3-6-14(19)10-16(13)20/h3-8,10-11H,2,9H2,1H3,(H,24,25)(H2,21,23,26)/b22-11+. The van der Waals surface area contributed by atoms with Crippen molar-refractivity contribution in [1.29, 1.82) is 0 Å². The van der Waals surface area contributed by atoms with Crippen LogP contribution in [0.15, 0.2) is 47.6 Å². The molecule has 26 heavy (non-hydrogen) atoms. The van der Waals surface area contributed by atoms with E-state index in [-0.39, 0.29) is 11.9 Å². The largest absolute Gasteiger partial charge is 0.338 e. The summed E-state index contributed by atoms with van der Waals surface area (Å²) in [6.45, 7) is 2.57. The van der Waals surface area contributed by atoms with E-state index >= 15 is 0 Å². The molecule has 0 aliphatic carbocycles. The molecule has 8 heteroatoms. The number of rotatable bonds is 6. The van der Waals surface area contributed by atoms with Crippen LogP contribution in [-0.2, 0) is 0 Å². The van der Waals surface area contributed by atoms with Crippen LogP contribution in [0.25, 0.3) is 0 Å². The monoisotopic (exact) mass is 392 g/mol. The number of hydrogen-bond donors (Lipinski definition) is 3. The van der Waals surface area contributed by atoms with E-state index < -0.39 is 0 Å². The summed E-state index contributed by atoms with van der Waals surface area (Å²) in [6, 6.07) is 11.2. The van der Waals surface area contributed by atoms with Gasteiger partial charge >= 0.3 is 6.03 Å². The fourth-order valence-corrected chi connectivity index (χ4v) is 2.41. The lowest BCUT2D eigenvalue weighted by molar-refractivity contribution is 0.0955. The minimum Gasteiger partial charge on any atom is -0.338 e. The number of nitrogens with zero attached hydrogens (tertiary/aromatic N) is 1. The number of nitrogens with one attached hydrogen (secondary N) is 3. The molecule has 0 radical (unpaired) electrons. The van der Waals surface area contributed by atoms with Crippen LogP contribution in [0, 0.1) is 0 Å².